The fraction of sp³-hybridized carbons (Fsp3) is 0.261. The maximum atomic E-state index is 11.3. The summed E-state index contributed by atoms with van der Waals surface area (Å²) in [5, 5.41) is 9.29. The number of fused-ring (bicyclic) bond motifs is 1. The van der Waals surface area contributed by atoms with Crippen molar-refractivity contribution in [2.24, 2.45) is 0 Å². The molecule has 0 aromatic heterocycles. The van der Waals surface area contributed by atoms with Crippen molar-refractivity contribution in [1.82, 2.24) is 0 Å². The highest BCUT2D eigenvalue weighted by Gasteiger charge is 2.28. The van der Waals surface area contributed by atoms with E-state index in [4.69, 9.17) is 0 Å². The second kappa shape index (κ2) is 7.43. The predicted octanol–water partition coefficient (Wildman–Crippen LogP) is 5.56. The number of rotatable bonds is 3. The summed E-state index contributed by atoms with van der Waals surface area (Å²) in [6.07, 6.45) is 3.35. The Bertz CT molecular complexity index is 942. The van der Waals surface area contributed by atoms with Crippen LogP contribution >= 0.6 is 11.8 Å². The van der Waals surface area contributed by atoms with Crippen molar-refractivity contribution in [3.8, 4) is 11.8 Å². The summed E-state index contributed by atoms with van der Waals surface area (Å²) in [5.74, 6) is 6.29. The third kappa shape index (κ3) is 3.71. The summed E-state index contributed by atoms with van der Waals surface area (Å²) >= 11 is 1.88. The van der Waals surface area contributed by atoms with Gasteiger partial charge in [-0.25, -0.2) is 4.79 Å². The lowest BCUT2D eigenvalue weighted by molar-refractivity contribution is 0.0696. The minimum Gasteiger partial charge on any atom is -0.478 e. The molecule has 0 atom stereocenters. The molecule has 0 fully saturated rings. The number of benzene rings is 2. The monoisotopic (exact) mass is 362 g/mol. The van der Waals surface area contributed by atoms with Crippen molar-refractivity contribution >= 4 is 22.6 Å². The molecule has 0 heterocycles. The van der Waals surface area contributed by atoms with Gasteiger partial charge in [0.1, 0.15) is 0 Å². The molecule has 2 nitrogen and oxygen atoms in total. The Hall–Kier alpha value is -2.44. The minimum absolute atomic E-state index is 0.0732. The van der Waals surface area contributed by atoms with Crippen molar-refractivity contribution in [2.75, 3.05) is 5.75 Å². The molecule has 3 heteroatoms. The molecule has 0 amide bonds. The largest absolute Gasteiger partial charge is 0.478 e. The van der Waals surface area contributed by atoms with E-state index >= 15 is 0 Å². The number of carboxylic acids is 1. The van der Waals surface area contributed by atoms with E-state index in [0.717, 1.165) is 17.7 Å². The smallest absolute Gasteiger partial charge is 0.336 e. The average molecular weight is 362 g/mol. The molecule has 1 N–H and O–H groups in total. The Kier molecular flexibility index (Phi) is 5.25. The lowest BCUT2D eigenvalue weighted by Crippen LogP contribution is -2.21. The van der Waals surface area contributed by atoms with E-state index in [1.165, 1.54) is 16.0 Å². The normalized spacial score (nSPS) is 14.7. The summed E-state index contributed by atoms with van der Waals surface area (Å²) in [5.41, 5.74) is 4.38. The first kappa shape index (κ1) is 18.4. The number of hydrogen-bond acceptors (Lipinski definition) is 2. The van der Waals surface area contributed by atoms with Crippen LogP contribution in [-0.4, -0.2) is 16.8 Å². The van der Waals surface area contributed by atoms with Crippen molar-refractivity contribution in [1.29, 1.82) is 0 Å². The van der Waals surface area contributed by atoms with E-state index in [0.29, 0.717) is 5.56 Å². The van der Waals surface area contributed by atoms with Crippen LogP contribution in [0.5, 0.6) is 0 Å². The average Bonchev–Trinajstić information content (AvgIpc) is 2.63. The molecule has 0 saturated carbocycles. The summed E-state index contributed by atoms with van der Waals surface area (Å²) in [6, 6.07) is 13.2. The summed E-state index contributed by atoms with van der Waals surface area (Å²) in [7, 11) is 0. The van der Waals surface area contributed by atoms with Crippen molar-refractivity contribution in [2.45, 2.75) is 32.6 Å². The Morgan fingerprint density at radius 1 is 1.19 bits per heavy atom. The van der Waals surface area contributed by atoms with Crippen LogP contribution in [0, 0.1) is 11.8 Å². The zero-order chi connectivity index (χ0) is 18.7. The van der Waals surface area contributed by atoms with Gasteiger partial charge in [-0.15, -0.1) is 11.8 Å². The van der Waals surface area contributed by atoms with Gasteiger partial charge in [0.2, 0.25) is 0 Å². The maximum absolute atomic E-state index is 11.3. The highest BCUT2D eigenvalue weighted by molar-refractivity contribution is 8.08. The van der Waals surface area contributed by atoms with Gasteiger partial charge >= 0.3 is 5.97 Å². The van der Waals surface area contributed by atoms with Crippen LogP contribution in [0.4, 0.5) is 0 Å². The molecular weight excluding hydrogens is 340 g/mol. The van der Waals surface area contributed by atoms with Gasteiger partial charge in [0.05, 0.1) is 5.56 Å². The highest BCUT2D eigenvalue weighted by atomic mass is 32.2. The molecule has 0 bridgehead atoms. The summed E-state index contributed by atoms with van der Waals surface area (Å²) in [6.45, 7) is 6.68. The first-order chi connectivity index (χ1) is 12.4. The molecule has 1 aliphatic carbocycles. The van der Waals surface area contributed by atoms with Crippen molar-refractivity contribution in [3.05, 3.63) is 76.4 Å². The molecule has 132 valence electrons. The number of carboxylic acid groups (broad SMARTS) is 1. The fourth-order valence-electron chi connectivity index (χ4n) is 3.17. The molecule has 2 aromatic carbocycles. The van der Waals surface area contributed by atoms with E-state index in [-0.39, 0.29) is 11.0 Å². The fourth-order valence-corrected chi connectivity index (χ4v) is 4.02. The van der Waals surface area contributed by atoms with Crippen LogP contribution < -0.4 is 0 Å². The predicted molar refractivity (Wildman–Crippen MR) is 110 cm³/mol. The molecule has 0 aliphatic heterocycles. The number of hydrogen-bond donors (Lipinski definition) is 1. The van der Waals surface area contributed by atoms with Gasteiger partial charge in [0, 0.05) is 16.0 Å². The van der Waals surface area contributed by atoms with Gasteiger partial charge in [-0.2, -0.15) is 0 Å². The standard InChI is InChI=1S/C23H22O2S/c1-4-26-21-13-14-23(2,3)20-15-16(10-12-19(20)21)9-11-17-7-5-6-8-18(17)22(24)25/h5-8,10,12-13,15H,4,14H2,1-3H3,(H,24,25). The number of thioether (sulfide) groups is 1. The molecule has 0 radical (unpaired) electrons. The summed E-state index contributed by atoms with van der Waals surface area (Å²) in [4.78, 5) is 12.7. The van der Waals surface area contributed by atoms with E-state index in [2.05, 4.69) is 50.8 Å². The summed E-state index contributed by atoms with van der Waals surface area (Å²) < 4.78 is 0. The second-order valence-electron chi connectivity index (χ2n) is 6.95. The lowest BCUT2D eigenvalue weighted by Gasteiger charge is -2.32. The van der Waals surface area contributed by atoms with Crippen molar-refractivity contribution < 1.29 is 9.90 Å². The van der Waals surface area contributed by atoms with E-state index in [9.17, 15) is 9.90 Å². The molecule has 0 spiro atoms. The third-order valence-corrected chi connectivity index (χ3v) is 5.60. The Labute approximate surface area is 159 Å². The minimum atomic E-state index is -0.951. The van der Waals surface area contributed by atoms with E-state index < -0.39 is 5.97 Å². The first-order valence-corrected chi connectivity index (χ1v) is 9.73. The van der Waals surface area contributed by atoms with Crippen LogP contribution in [-0.2, 0) is 5.41 Å². The van der Waals surface area contributed by atoms with Crippen molar-refractivity contribution in [3.63, 3.8) is 0 Å². The van der Waals surface area contributed by atoms with E-state index in [1.54, 1.807) is 18.2 Å². The van der Waals surface area contributed by atoms with Crippen LogP contribution in [0.2, 0.25) is 0 Å². The van der Waals surface area contributed by atoms with Gasteiger partial charge in [-0.05, 0) is 53.0 Å². The Morgan fingerprint density at radius 2 is 1.96 bits per heavy atom. The van der Waals surface area contributed by atoms with Crippen LogP contribution in [0.25, 0.3) is 4.91 Å². The zero-order valence-corrected chi connectivity index (χ0v) is 16.1. The maximum Gasteiger partial charge on any atom is 0.336 e. The van der Waals surface area contributed by atoms with Gasteiger partial charge < -0.3 is 5.11 Å². The second-order valence-corrected chi connectivity index (χ2v) is 8.26. The highest BCUT2D eigenvalue weighted by Crippen LogP contribution is 2.43. The lowest BCUT2D eigenvalue weighted by atomic mass is 9.75. The van der Waals surface area contributed by atoms with Gasteiger partial charge in [-0.1, -0.05) is 56.9 Å². The first-order valence-electron chi connectivity index (χ1n) is 8.74. The van der Waals surface area contributed by atoms with E-state index in [1.807, 2.05) is 23.9 Å². The number of aromatic carboxylic acids is 1. The molecule has 0 unspecified atom stereocenters. The van der Waals surface area contributed by atoms with Gasteiger partial charge in [0.25, 0.3) is 0 Å². The molecule has 3 rings (SSSR count). The third-order valence-electron chi connectivity index (χ3n) is 4.61. The Morgan fingerprint density at radius 3 is 2.69 bits per heavy atom. The zero-order valence-electron chi connectivity index (χ0n) is 15.3. The number of carbonyl (C=O) groups is 1. The van der Waals surface area contributed by atoms with Crippen LogP contribution in [0.3, 0.4) is 0 Å². The molecule has 1 aliphatic rings. The quantitative estimate of drug-likeness (QED) is 0.726. The molecule has 0 saturated heterocycles. The molecular formula is C23H22O2S. The number of allylic oxidation sites excluding steroid dienone is 1. The van der Waals surface area contributed by atoms with Gasteiger partial charge in [-0.3, -0.25) is 0 Å². The van der Waals surface area contributed by atoms with Crippen LogP contribution in [0.1, 0.15) is 59.8 Å². The molecule has 2 aromatic rings. The Balaban J connectivity index is 2.01. The van der Waals surface area contributed by atoms with Gasteiger partial charge in [0.15, 0.2) is 0 Å². The topological polar surface area (TPSA) is 37.3 Å². The van der Waals surface area contributed by atoms with Crippen LogP contribution in [0.15, 0.2) is 48.5 Å². The SMILES string of the molecule is CCSC1=CCC(C)(C)c2cc(C#Cc3ccccc3C(=O)O)ccc21. The molecule has 26 heavy (non-hydrogen) atoms.